The Hall–Kier alpha value is -1.51. The van der Waals surface area contributed by atoms with Crippen LogP contribution in [0, 0.1) is 0 Å². The summed E-state index contributed by atoms with van der Waals surface area (Å²) in [4.78, 5) is 12.2. The molecule has 1 aliphatic heterocycles. The number of halogens is 2. The Morgan fingerprint density at radius 1 is 1.05 bits per heavy atom. The minimum Gasteiger partial charge on any atom is -0.355 e. The van der Waals surface area contributed by atoms with E-state index in [1.165, 1.54) is 0 Å². The van der Waals surface area contributed by atoms with Gasteiger partial charge in [0.1, 0.15) is 0 Å². The number of rotatable bonds is 2. The first-order chi connectivity index (χ1) is 9.66. The summed E-state index contributed by atoms with van der Waals surface area (Å²) in [6.07, 6.45) is 0. The molecule has 0 radical (unpaired) electrons. The minimum atomic E-state index is -0.242. The Bertz CT molecular complexity index is 656. The van der Waals surface area contributed by atoms with Crippen LogP contribution >= 0.6 is 23.2 Å². The third-order valence-corrected chi connectivity index (χ3v) is 4.27. The highest BCUT2D eigenvalue weighted by atomic mass is 35.5. The predicted molar refractivity (Wildman–Crippen MR) is 81.4 cm³/mol. The van der Waals surface area contributed by atoms with Crippen molar-refractivity contribution in [1.82, 2.24) is 5.32 Å². The highest BCUT2D eigenvalue weighted by molar-refractivity contribution is 6.31. The largest absolute Gasteiger partial charge is 0.355 e. The van der Waals surface area contributed by atoms with Crippen LogP contribution in [-0.2, 0) is 4.79 Å². The van der Waals surface area contributed by atoms with Crippen LogP contribution in [-0.4, -0.2) is 12.5 Å². The first-order valence-corrected chi connectivity index (χ1v) is 7.20. The molecule has 1 heterocycles. The zero-order chi connectivity index (χ0) is 14.1. The van der Waals surface area contributed by atoms with Crippen molar-refractivity contribution in [2.75, 3.05) is 6.54 Å². The monoisotopic (exact) mass is 305 g/mol. The van der Waals surface area contributed by atoms with E-state index in [1.54, 1.807) is 0 Å². The average molecular weight is 306 g/mol. The molecule has 2 atom stereocenters. The Kier molecular flexibility index (Phi) is 3.68. The lowest BCUT2D eigenvalue weighted by atomic mass is 9.84. The molecule has 0 spiro atoms. The number of hydrogen-bond acceptors (Lipinski definition) is 1. The van der Waals surface area contributed by atoms with E-state index in [4.69, 9.17) is 23.2 Å². The fourth-order valence-corrected chi connectivity index (χ4v) is 3.24. The number of carbonyl (C=O) groups excluding carboxylic acids is 1. The van der Waals surface area contributed by atoms with Gasteiger partial charge < -0.3 is 5.32 Å². The maximum absolute atomic E-state index is 12.2. The van der Waals surface area contributed by atoms with Crippen molar-refractivity contribution in [2.45, 2.75) is 11.8 Å². The van der Waals surface area contributed by atoms with E-state index in [9.17, 15) is 4.79 Å². The Labute approximate surface area is 127 Å². The number of amides is 1. The molecule has 0 bridgehead atoms. The summed E-state index contributed by atoms with van der Waals surface area (Å²) in [7, 11) is 0. The second-order valence-electron chi connectivity index (χ2n) is 4.91. The molecule has 2 unspecified atom stereocenters. The molecule has 102 valence electrons. The lowest BCUT2D eigenvalue weighted by Crippen LogP contribution is -2.18. The van der Waals surface area contributed by atoms with Crippen molar-refractivity contribution in [3.63, 3.8) is 0 Å². The molecule has 1 fully saturated rings. The SMILES string of the molecule is O=C1NCC(c2ccccc2Cl)C1c1cccc(Cl)c1. The van der Waals surface area contributed by atoms with Crippen molar-refractivity contribution in [2.24, 2.45) is 0 Å². The Balaban J connectivity index is 2.03. The van der Waals surface area contributed by atoms with Gasteiger partial charge in [0.25, 0.3) is 0 Å². The van der Waals surface area contributed by atoms with Crippen molar-refractivity contribution in [3.8, 4) is 0 Å². The van der Waals surface area contributed by atoms with Crippen molar-refractivity contribution in [3.05, 3.63) is 69.7 Å². The fourth-order valence-electron chi connectivity index (χ4n) is 2.77. The number of nitrogens with one attached hydrogen (secondary N) is 1. The van der Waals surface area contributed by atoms with Gasteiger partial charge in [0.2, 0.25) is 5.91 Å². The second-order valence-corrected chi connectivity index (χ2v) is 5.75. The maximum Gasteiger partial charge on any atom is 0.228 e. The van der Waals surface area contributed by atoms with Crippen LogP contribution in [0.4, 0.5) is 0 Å². The molecule has 0 aliphatic carbocycles. The molecule has 0 aromatic heterocycles. The molecule has 2 aromatic rings. The average Bonchev–Trinajstić information content (AvgIpc) is 2.81. The number of carbonyl (C=O) groups is 1. The van der Waals surface area contributed by atoms with Gasteiger partial charge in [0.15, 0.2) is 0 Å². The topological polar surface area (TPSA) is 29.1 Å². The van der Waals surface area contributed by atoms with E-state index in [0.29, 0.717) is 16.6 Å². The highest BCUT2D eigenvalue weighted by Crippen LogP contribution is 2.39. The zero-order valence-electron chi connectivity index (χ0n) is 10.6. The van der Waals surface area contributed by atoms with Gasteiger partial charge in [-0.15, -0.1) is 0 Å². The molecule has 4 heteroatoms. The van der Waals surface area contributed by atoms with Gasteiger partial charge >= 0.3 is 0 Å². The molecular formula is C16H13Cl2NO. The number of benzene rings is 2. The van der Waals surface area contributed by atoms with Crippen molar-refractivity contribution >= 4 is 29.1 Å². The van der Waals surface area contributed by atoms with Crippen LogP contribution in [0.2, 0.25) is 10.0 Å². The van der Waals surface area contributed by atoms with Crippen molar-refractivity contribution in [1.29, 1.82) is 0 Å². The van der Waals surface area contributed by atoms with E-state index < -0.39 is 0 Å². The van der Waals surface area contributed by atoms with Gasteiger partial charge in [0.05, 0.1) is 5.92 Å². The number of hydrogen-bond donors (Lipinski definition) is 1. The molecule has 1 saturated heterocycles. The zero-order valence-corrected chi connectivity index (χ0v) is 12.2. The highest BCUT2D eigenvalue weighted by Gasteiger charge is 2.37. The summed E-state index contributed by atoms with van der Waals surface area (Å²) in [5.41, 5.74) is 1.93. The summed E-state index contributed by atoms with van der Waals surface area (Å²) in [6.45, 7) is 0.597. The van der Waals surface area contributed by atoms with Crippen LogP contribution in [0.3, 0.4) is 0 Å². The van der Waals surface area contributed by atoms with Crippen molar-refractivity contribution < 1.29 is 4.79 Å². The van der Waals surface area contributed by atoms with Crippen LogP contribution in [0.25, 0.3) is 0 Å². The van der Waals surface area contributed by atoms with Gasteiger partial charge in [0, 0.05) is 22.5 Å². The standard InChI is InChI=1S/C16H13Cl2NO/c17-11-5-3-4-10(8-11)15-13(9-19-16(15)20)12-6-1-2-7-14(12)18/h1-8,13,15H,9H2,(H,19,20). The Morgan fingerprint density at radius 2 is 1.85 bits per heavy atom. The quantitative estimate of drug-likeness (QED) is 0.893. The molecule has 1 N–H and O–H groups in total. The first kappa shape index (κ1) is 13.5. The van der Waals surface area contributed by atoms with E-state index in [0.717, 1.165) is 11.1 Å². The summed E-state index contributed by atoms with van der Waals surface area (Å²) in [6, 6.07) is 15.1. The van der Waals surface area contributed by atoms with E-state index >= 15 is 0 Å². The predicted octanol–water partition coefficient (Wildman–Crippen LogP) is 3.99. The van der Waals surface area contributed by atoms with Crippen LogP contribution < -0.4 is 5.32 Å². The fraction of sp³-hybridized carbons (Fsp3) is 0.188. The molecule has 1 aliphatic rings. The molecule has 1 amide bonds. The third kappa shape index (κ3) is 2.41. The van der Waals surface area contributed by atoms with Gasteiger partial charge in [-0.25, -0.2) is 0 Å². The normalized spacial score (nSPS) is 21.8. The first-order valence-electron chi connectivity index (χ1n) is 6.44. The summed E-state index contributed by atoms with van der Waals surface area (Å²) in [5.74, 6) is -0.180. The molecule has 0 saturated carbocycles. The lowest BCUT2D eigenvalue weighted by Gasteiger charge is -2.18. The summed E-state index contributed by atoms with van der Waals surface area (Å²) >= 11 is 12.3. The maximum atomic E-state index is 12.2. The Morgan fingerprint density at radius 3 is 2.60 bits per heavy atom. The van der Waals surface area contributed by atoms with E-state index in [2.05, 4.69) is 5.32 Å². The molecule has 2 nitrogen and oxygen atoms in total. The van der Waals surface area contributed by atoms with Gasteiger partial charge in [-0.1, -0.05) is 53.5 Å². The van der Waals surface area contributed by atoms with Crippen LogP contribution in [0.15, 0.2) is 48.5 Å². The molecular weight excluding hydrogens is 293 g/mol. The third-order valence-electron chi connectivity index (χ3n) is 3.69. The van der Waals surface area contributed by atoms with E-state index in [-0.39, 0.29) is 17.7 Å². The smallest absolute Gasteiger partial charge is 0.228 e. The van der Waals surface area contributed by atoms with Gasteiger partial charge in [-0.2, -0.15) is 0 Å². The summed E-state index contributed by atoms with van der Waals surface area (Å²) in [5, 5.41) is 4.26. The van der Waals surface area contributed by atoms with Gasteiger partial charge in [-0.05, 0) is 29.3 Å². The van der Waals surface area contributed by atoms with Crippen LogP contribution in [0.1, 0.15) is 23.0 Å². The molecule has 2 aromatic carbocycles. The second kappa shape index (κ2) is 5.47. The minimum absolute atomic E-state index is 0.0252. The molecule has 20 heavy (non-hydrogen) atoms. The lowest BCUT2D eigenvalue weighted by molar-refractivity contribution is -0.120. The van der Waals surface area contributed by atoms with E-state index in [1.807, 2.05) is 48.5 Å². The summed E-state index contributed by atoms with van der Waals surface area (Å²) < 4.78 is 0. The van der Waals surface area contributed by atoms with Gasteiger partial charge in [-0.3, -0.25) is 4.79 Å². The van der Waals surface area contributed by atoms with Crippen LogP contribution in [0.5, 0.6) is 0 Å². The molecule has 3 rings (SSSR count).